The summed E-state index contributed by atoms with van der Waals surface area (Å²) in [4.78, 5) is 25.8. The van der Waals surface area contributed by atoms with Crippen LogP contribution in [0, 0.1) is 0 Å². The number of aromatic amines is 1. The molecule has 2 heterocycles. The maximum Gasteiger partial charge on any atom is 0.228 e. The average molecular weight is 228 g/mol. The molecular formula is C13H12N2O2. The van der Waals surface area contributed by atoms with E-state index in [9.17, 15) is 9.59 Å². The Morgan fingerprint density at radius 1 is 1.24 bits per heavy atom. The first-order valence-corrected chi connectivity index (χ1v) is 5.61. The zero-order valence-corrected chi connectivity index (χ0v) is 9.19. The Kier molecular flexibility index (Phi) is 2.21. The third-order valence-corrected chi connectivity index (χ3v) is 3.16. The van der Waals surface area contributed by atoms with E-state index in [1.54, 1.807) is 0 Å². The summed E-state index contributed by atoms with van der Waals surface area (Å²) in [5.74, 6) is -0.180. The molecule has 2 aromatic rings. The van der Waals surface area contributed by atoms with Crippen LogP contribution in [-0.2, 0) is 16.0 Å². The number of nitrogens with one attached hydrogen (secondary N) is 2. The van der Waals surface area contributed by atoms with E-state index in [1.807, 2.05) is 30.5 Å². The summed E-state index contributed by atoms with van der Waals surface area (Å²) in [6.07, 6.45) is 2.49. The van der Waals surface area contributed by atoms with Gasteiger partial charge in [0.2, 0.25) is 5.91 Å². The van der Waals surface area contributed by atoms with E-state index in [0.717, 1.165) is 16.5 Å². The lowest BCUT2D eigenvalue weighted by Crippen LogP contribution is -2.31. The second-order valence-corrected chi connectivity index (χ2v) is 4.33. The van der Waals surface area contributed by atoms with Gasteiger partial charge in [0.25, 0.3) is 0 Å². The number of H-pyrrole nitrogens is 1. The Hall–Kier alpha value is -2.10. The van der Waals surface area contributed by atoms with Crippen molar-refractivity contribution in [3.05, 3.63) is 36.0 Å². The number of hydrogen-bond acceptors (Lipinski definition) is 2. The fourth-order valence-corrected chi connectivity index (χ4v) is 2.29. The molecular weight excluding hydrogens is 216 g/mol. The predicted molar refractivity (Wildman–Crippen MR) is 63.6 cm³/mol. The minimum atomic E-state index is -0.360. The van der Waals surface area contributed by atoms with Crippen molar-refractivity contribution in [2.75, 3.05) is 0 Å². The molecule has 86 valence electrons. The third-order valence-electron chi connectivity index (χ3n) is 3.16. The first-order valence-electron chi connectivity index (χ1n) is 5.61. The highest BCUT2D eigenvalue weighted by Crippen LogP contribution is 2.20. The van der Waals surface area contributed by atoms with Gasteiger partial charge in [-0.15, -0.1) is 0 Å². The average Bonchev–Trinajstić information content (AvgIpc) is 2.85. The topological polar surface area (TPSA) is 62.0 Å². The van der Waals surface area contributed by atoms with Gasteiger partial charge in [-0.1, -0.05) is 18.2 Å². The summed E-state index contributed by atoms with van der Waals surface area (Å²) in [7, 11) is 0. The highest BCUT2D eigenvalue weighted by atomic mass is 16.2. The highest BCUT2D eigenvalue weighted by molar-refractivity contribution is 6.07. The Balaban J connectivity index is 1.90. The number of fused-ring (bicyclic) bond motifs is 1. The molecule has 0 unspecified atom stereocenters. The molecule has 2 N–H and O–H groups in total. The first kappa shape index (κ1) is 10.1. The highest BCUT2D eigenvalue weighted by Gasteiger charge is 2.30. The van der Waals surface area contributed by atoms with Gasteiger partial charge in [-0.2, -0.15) is 0 Å². The zero-order valence-electron chi connectivity index (χ0n) is 9.19. The van der Waals surface area contributed by atoms with Gasteiger partial charge in [0.15, 0.2) is 5.78 Å². The number of carbonyl (C=O) groups is 2. The molecule has 4 heteroatoms. The van der Waals surface area contributed by atoms with Crippen molar-refractivity contribution in [1.82, 2.24) is 10.3 Å². The van der Waals surface area contributed by atoms with Crippen molar-refractivity contribution in [3.63, 3.8) is 0 Å². The number of carbonyl (C=O) groups excluding carboxylic acids is 2. The normalized spacial score (nSPS) is 19.9. The SMILES string of the molecule is O=C1CC(=O)[C@H](Cc2c[nH]c3ccccc23)N1. The van der Waals surface area contributed by atoms with E-state index >= 15 is 0 Å². The smallest absolute Gasteiger partial charge is 0.228 e. The van der Waals surface area contributed by atoms with Gasteiger partial charge in [0.05, 0.1) is 12.5 Å². The number of ketones is 1. The summed E-state index contributed by atoms with van der Waals surface area (Å²) < 4.78 is 0. The maximum absolute atomic E-state index is 11.6. The molecule has 1 saturated heterocycles. The number of Topliss-reactive ketones (excluding diaryl/α,β-unsaturated/α-hetero) is 1. The van der Waals surface area contributed by atoms with Crippen LogP contribution in [-0.4, -0.2) is 22.7 Å². The molecule has 1 aliphatic rings. The summed E-state index contributed by atoms with van der Waals surface area (Å²) in [6, 6.07) is 7.58. The fraction of sp³-hybridized carbons (Fsp3) is 0.231. The molecule has 1 aliphatic heterocycles. The molecule has 0 radical (unpaired) electrons. The summed E-state index contributed by atoms with van der Waals surface area (Å²) in [5, 5.41) is 3.82. The van der Waals surface area contributed by atoms with Crippen molar-refractivity contribution in [2.45, 2.75) is 18.9 Å². The van der Waals surface area contributed by atoms with Crippen LogP contribution in [0.5, 0.6) is 0 Å². The predicted octanol–water partition coefficient (Wildman–Crippen LogP) is 1.17. The summed E-state index contributed by atoms with van der Waals surface area (Å²) in [6.45, 7) is 0. The largest absolute Gasteiger partial charge is 0.361 e. The lowest BCUT2D eigenvalue weighted by molar-refractivity contribution is -0.122. The third kappa shape index (κ3) is 1.71. The Morgan fingerprint density at radius 2 is 2.06 bits per heavy atom. The molecule has 1 aromatic carbocycles. The van der Waals surface area contributed by atoms with Crippen molar-refractivity contribution < 1.29 is 9.59 Å². The van der Waals surface area contributed by atoms with Crippen LogP contribution in [0.2, 0.25) is 0 Å². The van der Waals surface area contributed by atoms with Crippen LogP contribution in [0.15, 0.2) is 30.5 Å². The van der Waals surface area contributed by atoms with Crippen molar-refractivity contribution >= 4 is 22.6 Å². The van der Waals surface area contributed by atoms with Crippen LogP contribution in [0.3, 0.4) is 0 Å². The van der Waals surface area contributed by atoms with Crippen LogP contribution in [0.25, 0.3) is 10.9 Å². The quantitative estimate of drug-likeness (QED) is 0.758. The van der Waals surface area contributed by atoms with E-state index in [4.69, 9.17) is 0 Å². The van der Waals surface area contributed by atoms with Crippen LogP contribution in [0.4, 0.5) is 0 Å². The Labute approximate surface area is 98.0 Å². The molecule has 0 bridgehead atoms. The van der Waals surface area contributed by atoms with Gasteiger partial charge < -0.3 is 10.3 Å². The fourth-order valence-electron chi connectivity index (χ4n) is 2.29. The summed E-state index contributed by atoms with van der Waals surface area (Å²) in [5.41, 5.74) is 2.13. The molecule has 1 aromatic heterocycles. The number of para-hydroxylation sites is 1. The van der Waals surface area contributed by atoms with Crippen molar-refractivity contribution in [1.29, 1.82) is 0 Å². The minimum Gasteiger partial charge on any atom is -0.361 e. The van der Waals surface area contributed by atoms with E-state index < -0.39 is 0 Å². The van der Waals surface area contributed by atoms with Gasteiger partial charge in [-0.25, -0.2) is 0 Å². The standard InChI is InChI=1S/C13H12N2O2/c16-12-6-13(17)15-11(12)5-8-7-14-10-4-2-1-3-9(8)10/h1-4,7,11,14H,5-6H2,(H,15,17)/t11-/m0/s1. The number of rotatable bonds is 2. The number of amides is 1. The molecule has 1 atom stereocenters. The second-order valence-electron chi connectivity index (χ2n) is 4.33. The van der Waals surface area contributed by atoms with Gasteiger partial charge in [0.1, 0.15) is 0 Å². The molecule has 0 aliphatic carbocycles. The van der Waals surface area contributed by atoms with E-state index in [0.29, 0.717) is 6.42 Å². The maximum atomic E-state index is 11.6. The van der Waals surface area contributed by atoms with Crippen molar-refractivity contribution in [2.24, 2.45) is 0 Å². The zero-order chi connectivity index (χ0) is 11.8. The van der Waals surface area contributed by atoms with Crippen molar-refractivity contribution in [3.8, 4) is 0 Å². The summed E-state index contributed by atoms with van der Waals surface area (Å²) >= 11 is 0. The van der Waals surface area contributed by atoms with Gasteiger partial charge in [-0.05, 0) is 11.6 Å². The van der Waals surface area contributed by atoms with E-state index in [-0.39, 0.29) is 24.2 Å². The number of aromatic nitrogens is 1. The van der Waals surface area contributed by atoms with Gasteiger partial charge in [-0.3, -0.25) is 9.59 Å². The lowest BCUT2D eigenvalue weighted by atomic mass is 10.0. The van der Waals surface area contributed by atoms with Crippen LogP contribution >= 0.6 is 0 Å². The minimum absolute atomic E-state index is 0.0136. The lowest BCUT2D eigenvalue weighted by Gasteiger charge is -2.07. The van der Waals surface area contributed by atoms with Gasteiger partial charge in [0, 0.05) is 23.5 Å². The number of benzene rings is 1. The molecule has 1 fully saturated rings. The second kappa shape index (κ2) is 3.73. The van der Waals surface area contributed by atoms with E-state index in [2.05, 4.69) is 10.3 Å². The molecule has 17 heavy (non-hydrogen) atoms. The monoisotopic (exact) mass is 228 g/mol. The molecule has 3 rings (SSSR count). The van der Waals surface area contributed by atoms with Gasteiger partial charge >= 0.3 is 0 Å². The Bertz CT molecular complexity index is 600. The van der Waals surface area contributed by atoms with Crippen LogP contribution in [0.1, 0.15) is 12.0 Å². The molecule has 0 saturated carbocycles. The number of hydrogen-bond donors (Lipinski definition) is 2. The molecule has 1 amide bonds. The Morgan fingerprint density at radius 3 is 2.82 bits per heavy atom. The molecule has 0 spiro atoms. The first-order chi connectivity index (χ1) is 8.24. The van der Waals surface area contributed by atoms with Crippen LogP contribution < -0.4 is 5.32 Å². The van der Waals surface area contributed by atoms with E-state index in [1.165, 1.54) is 0 Å². The molecule has 4 nitrogen and oxygen atoms in total.